The summed E-state index contributed by atoms with van der Waals surface area (Å²) in [5.74, 6) is -1.47. The van der Waals surface area contributed by atoms with E-state index in [2.05, 4.69) is 15.0 Å². The quantitative estimate of drug-likeness (QED) is 0.775. The molecule has 0 saturated carbocycles. The maximum atomic E-state index is 13.0. The number of esters is 1. The van der Waals surface area contributed by atoms with Crippen molar-refractivity contribution in [3.8, 4) is 0 Å². The van der Waals surface area contributed by atoms with Crippen molar-refractivity contribution in [3.05, 3.63) is 59.9 Å². The van der Waals surface area contributed by atoms with Crippen LogP contribution in [-0.4, -0.2) is 47.3 Å². The summed E-state index contributed by atoms with van der Waals surface area (Å²) < 4.78 is 17.7. The molecule has 1 N–H and O–H groups in total. The maximum absolute atomic E-state index is 13.0. The monoisotopic (exact) mass is 415 g/mol. The number of thioether (sulfide) groups is 1. The fourth-order valence-corrected chi connectivity index (χ4v) is 3.62. The molecule has 0 unspecified atom stereocenters. The molecule has 2 amide bonds. The number of hydrogen-bond donors (Lipinski definition) is 1. The van der Waals surface area contributed by atoms with Crippen molar-refractivity contribution in [1.29, 1.82) is 0 Å². The molecule has 0 aromatic heterocycles. The highest BCUT2D eigenvalue weighted by atomic mass is 32.2. The lowest BCUT2D eigenvalue weighted by Crippen LogP contribution is -2.43. The second-order valence-corrected chi connectivity index (χ2v) is 7.36. The van der Waals surface area contributed by atoms with Gasteiger partial charge in [0.05, 0.1) is 18.4 Å². The van der Waals surface area contributed by atoms with Gasteiger partial charge in [-0.15, -0.1) is 0 Å². The summed E-state index contributed by atoms with van der Waals surface area (Å²) >= 11 is 1.16. The molecule has 0 bridgehead atoms. The topological polar surface area (TPSA) is 88.1 Å². The van der Waals surface area contributed by atoms with Crippen LogP contribution in [0.3, 0.4) is 0 Å². The number of nitrogens with zero attached hydrogens (tertiary/aromatic N) is 2. The van der Waals surface area contributed by atoms with Crippen LogP contribution < -0.4 is 5.32 Å². The van der Waals surface area contributed by atoms with Crippen LogP contribution in [0.4, 0.5) is 15.8 Å². The Morgan fingerprint density at radius 3 is 2.45 bits per heavy atom. The second-order valence-electron chi connectivity index (χ2n) is 6.19. The normalized spacial score (nSPS) is 17.9. The van der Waals surface area contributed by atoms with Crippen LogP contribution in [0.5, 0.6) is 0 Å². The molecule has 150 valence electrons. The zero-order chi connectivity index (χ0) is 21.0. The van der Waals surface area contributed by atoms with Crippen LogP contribution >= 0.6 is 11.8 Å². The first kappa shape index (κ1) is 20.5. The highest BCUT2D eigenvalue weighted by Gasteiger charge is 2.34. The van der Waals surface area contributed by atoms with E-state index in [-0.39, 0.29) is 18.2 Å². The number of nitrogens with one attached hydrogen (secondary N) is 1. The van der Waals surface area contributed by atoms with Gasteiger partial charge in [-0.2, -0.15) is 0 Å². The molecule has 1 aliphatic heterocycles. The predicted molar refractivity (Wildman–Crippen MR) is 109 cm³/mol. The predicted octanol–water partition coefficient (Wildman–Crippen LogP) is 3.20. The first-order chi connectivity index (χ1) is 13.9. The minimum Gasteiger partial charge on any atom is -0.465 e. The molecule has 9 heteroatoms. The number of methoxy groups -OCH3 is 1. The van der Waals surface area contributed by atoms with Gasteiger partial charge in [-0.25, -0.2) is 14.2 Å². The lowest BCUT2D eigenvalue weighted by molar-refractivity contribution is -0.128. The van der Waals surface area contributed by atoms with E-state index in [0.717, 1.165) is 11.8 Å². The Labute approximate surface area is 170 Å². The first-order valence-electron chi connectivity index (χ1n) is 8.64. The van der Waals surface area contributed by atoms with Crippen molar-refractivity contribution in [2.45, 2.75) is 11.7 Å². The summed E-state index contributed by atoms with van der Waals surface area (Å²) in [6, 6.07) is 11.8. The van der Waals surface area contributed by atoms with Gasteiger partial charge in [0.2, 0.25) is 11.8 Å². The molecule has 2 aromatic rings. The molecule has 29 heavy (non-hydrogen) atoms. The van der Waals surface area contributed by atoms with Crippen molar-refractivity contribution in [3.63, 3.8) is 0 Å². The van der Waals surface area contributed by atoms with E-state index in [1.165, 1.54) is 36.3 Å². The summed E-state index contributed by atoms with van der Waals surface area (Å²) in [5, 5.41) is 2.38. The number of amides is 2. The third-order valence-electron chi connectivity index (χ3n) is 4.19. The number of halogens is 1. The Kier molecular flexibility index (Phi) is 6.28. The van der Waals surface area contributed by atoms with Gasteiger partial charge in [0.15, 0.2) is 5.17 Å². The van der Waals surface area contributed by atoms with E-state index in [9.17, 15) is 18.8 Å². The molecule has 2 aromatic carbocycles. The fraction of sp³-hybridized carbons (Fsp3) is 0.200. The van der Waals surface area contributed by atoms with Crippen molar-refractivity contribution in [2.24, 2.45) is 4.99 Å². The molecule has 1 heterocycles. The summed E-state index contributed by atoms with van der Waals surface area (Å²) in [7, 11) is 2.89. The van der Waals surface area contributed by atoms with Crippen molar-refractivity contribution in [2.75, 3.05) is 19.5 Å². The van der Waals surface area contributed by atoms with Crippen LogP contribution in [0.25, 0.3) is 0 Å². The second kappa shape index (κ2) is 8.87. The number of ether oxygens (including phenoxy) is 1. The number of benzene rings is 2. The summed E-state index contributed by atoms with van der Waals surface area (Å²) in [6.07, 6.45) is 0.0223. The van der Waals surface area contributed by atoms with Gasteiger partial charge in [0, 0.05) is 19.2 Å². The van der Waals surface area contributed by atoms with Gasteiger partial charge >= 0.3 is 5.97 Å². The average molecular weight is 415 g/mol. The van der Waals surface area contributed by atoms with Crippen LogP contribution in [-0.2, 0) is 14.3 Å². The van der Waals surface area contributed by atoms with Gasteiger partial charge in [-0.3, -0.25) is 14.5 Å². The highest BCUT2D eigenvalue weighted by Crippen LogP contribution is 2.29. The lowest BCUT2D eigenvalue weighted by Gasteiger charge is -2.28. The molecule has 0 spiro atoms. The molecule has 1 aliphatic rings. The Hall–Kier alpha value is -3.20. The van der Waals surface area contributed by atoms with Crippen LogP contribution in [0.15, 0.2) is 53.5 Å². The van der Waals surface area contributed by atoms with Crippen molar-refractivity contribution < 1.29 is 23.5 Å². The number of amidine groups is 1. The van der Waals surface area contributed by atoms with Gasteiger partial charge in [-0.1, -0.05) is 11.8 Å². The smallest absolute Gasteiger partial charge is 0.337 e. The SMILES string of the molecule is COC(=O)c1ccc(N=C2S[C@@H](C(=O)Nc3ccc(F)cc3)CC(=O)N2C)cc1. The standard InChI is InChI=1S/C20H18FN3O4S/c1-24-17(25)11-16(18(26)22-14-9-5-13(21)6-10-14)29-20(24)23-15-7-3-12(4-8-15)19(27)28-2/h3-10,16H,11H2,1-2H3,(H,22,26)/t16-/m1/s1. The molecule has 7 nitrogen and oxygen atoms in total. The minimum absolute atomic E-state index is 0.0223. The molecule has 1 fully saturated rings. The Morgan fingerprint density at radius 2 is 1.83 bits per heavy atom. The third-order valence-corrected chi connectivity index (χ3v) is 5.43. The molecule has 0 radical (unpaired) electrons. The molecule has 3 rings (SSSR count). The van der Waals surface area contributed by atoms with Crippen LogP contribution in [0.2, 0.25) is 0 Å². The maximum Gasteiger partial charge on any atom is 0.337 e. The average Bonchev–Trinajstić information content (AvgIpc) is 2.72. The Balaban J connectivity index is 1.75. The van der Waals surface area contributed by atoms with Gasteiger partial charge in [0.1, 0.15) is 11.1 Å². The highest BCUT2D eigenvalue weighted by molar-refractivity contribution is 8.15. The largest absolute Gasteiger partial charge is 0.465 e. The molecular formula is C20H18FN3O4S. The Morgan fingerprint density at radius 1 is 1.17 bits per heavy atom. The molecular weight excluding hydrogens is 397 g/mol. The lowest BCUT2D eigenvalue weighted by atomic mass is 10.2. The fourth-order valence-electron chi connectivity index (χ4n) is 2.55. The Bertz CT molecular complexity index is 961. The van der Waals surface area contributed by atoms with Gasteiger partial charge in [0.25, 0.3) is 0 Å². The van der Waals surface area contributed by atoms with E-state index in [0.29, 0.717) is 22.1 Å². The van der Waals surface area contributed by atoms with Crippen molar-refractivity contribution >= 4 is 46.1 Å². The van der Waals surface area contributed by atoms with Crippen LogP contribution in [0, 0.1) is 5.82 Å². The number of carbonyl (C=O) groups is 3. The van der Waals surface area contributed by atoms with E-state index in [1.807, 2.05) is 0 Å². The summed E-state index contributed by atoms with van der Waals surface area (Å²) in [6.45, 7) is 0. The number of anilines is 1. The molecule has 1 atom stereocenters. The van der Waals surface area contributed by atoms with E-state index >= 15 is 0 Å². The number of rotatable bonds is 4. The summed E-state index contributed by atoms with van der Waals surface area (Å²) in [5.41, 5.74) is 1.35. The molecule has 1 saturated heterocycles. The number of hydrogen-bond acceptors (Lipinski definition) is 6. The van der Waals surface area contributed by atoms with E-state index in [4.69, 9.17) is 0 Å². The van der Waals surface area contributed by atoms with E-state index < -0.39 is 17.0 Å². The number of carbonyl (C=O) groups excluding carboxylic acids is 3. The third kappa shape index (κ3) is 5.00. The zero-order valence-corrected chi connectivity index (χ0v) is 16.5. The zero-order valence-electron chi connectivity index (χ0n) is 15.7. The van der Waals surface area contributed by atoms with Crippen molar-refractivity contribution in [1.82, 2.24) is 4.90 Å². The minimum atomic E-state index is -0.670. The van der Waals surface area contributed by atoms with E-state index in [1.54, 1.807) is 31.3 Å². The first-order valence-corrected chi connectivity index (χ1v) is 9.52. The van der Waals surface area contributed by atoms with Crippen LogP contribution in [0.1, 0.15) is 16.8 Å². The van der Waals surface area contributed by atoms with Gasteiger partial charge in [-0.05, 0) is 48.5 Å². The summed E-state index contributed by atoms with van der Waals surface area (Å²) in [4.78, 5) is 42.2. The van der Waals surface area contributed by atoms with Gasteiger partial charge < -0.3 is 10.1 Å². The molecule has 0 aliphatic carbocycles. The number of aliphatic imine (C=N–C) groups is 1.